The second-order valence-electron chi connectivity index (χ2n) is 2.38. The van der Waals surface area contributed by atoms with Crippen LogP contribution >= 0.6 is 11.8 Å². The molecule has 0 aliphatic carbocycles. The van der Waals surface area contributed by atoms with Crippen LogP contribution in [0.25, 0.3) is 0 Å². The summed E-state index contributed by atoms with van der Waals surface area (Å²) in [5.41, 5.74) is 0. The Labute approximate surface area is 67.4 Å². The molecule has 3 heteroatoms. The molecule has 0 aromatic carbocycles. The number of aliphatic hydroxyl groups is 1. The molecular formula is C7H17NOS. The third kappa shape index (κ3) is 8.27. The van der Waals surface area contributed by atoms with Crippen molar-refractivity contribution in [3.8, 4) is 0 Å². The van der Waals surface area contributed by atoms with Crippen LogP contribution in [0.15, 0.2) is 0 Å². The van der Waals surface area contributed by atoms with E-state index in [1.54, 1.807) is 0 Å². The highest BCUT2D eigenvalue weighted by Gasteiger charge is 1.92. The standard InChI is InChI=1S/C7H17NOS/c1-7(9)3-4-8-5-6-10-2/h7-9H,3-6H2,1-2H3. The quantitative estimate of drug-likeness (QED) is 0.566. The van der Waals surface area contributed by atoms with E-state index in [9.17, 15) is 0 Å². The minimum absolute atomic E-state index is 0.165. The predicted octanol–water partition coefficient (Wildman–Crippen LogP) is 0.710. The minimum atomic E-state index is -0.165. The first-order valence-corrected chi connectivity index (χ1v) is 5.04. The van der Waals surface area contributed by atoms with E-state index < -0.39 is 0 Å². The molecule has 0 amide bonds. The van der Waals surface area contributed by atoms with Crippen molar-refractivity contribution in [3.63, 3.8) is 0 Å². The summed E-state index contributed by atoms with van der Waals surface area (Å²) >= 11 is 1.84. The van der Waals surface area contributed by atoms with E-state index in [2.05, 4.69) is 11.6 Å². The van der Waals surface area contributed by atoms with Gasteiger partial charge in [0.2, 0.25) is 0 Å². The molecule has 0 bridgehead atoms. The van der Waals surface area contributed by atoms with Gasteiger partial charge in [-0.05, 0) is 26.1 Å². The zero-order chi connectivity index (χ0) is 7.82. The van der Waals surface area contributed by atoms with Gasteiger partial charge in [0.25, 0.3) is 0 Å². The Hall–Kier alpha value is 0.270. The van der Waals surface area contributed by atoms with E-state index in [0.29, 0.717) is 0 Å². The fourth-order valence-electron chi connectivity index (χ4n) is 0.610. The molecule has 0 spiro atoms. The molecule has 0 aliphatic rings. The smallest absolute Gasteiger partial charge is 0.0524 e. The van der Waals surface area contributed by atoms with Crippen LogP contribution in [-0.4, -0.2) is 36.3 Å². The van der Waals surface area contributed by atoms with Crippen molar-refractivity contribution in [3.05, 3.63) is 0 Å². The van der Waals surface area contributed by atoms with Crippen LogP contribution in [-0.2, 0) is 0 Å². The lowest BCUT2D eigenvalue weighted by Crippen LogP contribution is -2.21. The van der Waals surface area contributed by atoms with Gasteiger partial charge in [-0.2, -0.15) is 11.8 Å². The van der Waals surface area contributed by atoms with Gasteiger partial charge in [0.1, 0.15) is 0 Å². The van der Waals surface area contributed by atoms with E-state index in [0.717, 1.165) is 25.3 Å². The molecule has 2 nitrogen and oxygen atoms in total. The van der Waals surface area contributed by atoms with Crippen molar-refractivity contribution in [2.24, 2.45) is 0 Å². The average molecular weight is 163 g/mol. The lowest BCUT2D eigenvalue weighted by atomic mass is 10.3. The van der Waals surface area contributed by atoms with Crippen molar-refractivity contribution < 1.29 is 5.11 Å². The lowest BCUT2D eigenvalue weighted by Gasteiger charge is -2.04. The Morgan fingerprint density at radius 3 is 2.70 bits per heavy atom. The third-order valence-electron chi connectivity index (χ3n) is 1.22. The molecule has 0 aromatic heterocycles. The molecule has 0 aliphatic heterocycles. The van der Waals surface area contributed by atoms with Gasteiger partial charge in [0.15, 0.2) is 0 Å². The van der Waals surface area contributed by atoms with Gasteiger partial charge in [-0.1, -0.05) is 0 Å². The average Bonchev–Trinajstić information content (AvgIpc) is 1.87. The summed E-state index contributed by atoms with van der Waals surface area (Å²) in [5.74, 6) is 1.15. The summed E-state index contributed by atoms with van der Waals surface area (Å²) in [4.78, 5) is 0. The molecule has 0 saturated carbocycles. The van der Waals surface area contributed by atoms with Gasteiger partial charge >= 0.3 is 0 Å². The molecule has 0 fully saturated rings. The molecule has 0 rings (SSSR count). The molecular weight excluding hydrogens is 146 g/mol. The Morgan fingerprint density at radius 2 is 2.20 bits per heavy atom. The van der Waals surface area contributed by atoms with E-state index in [4.69, 9.17) is 5.11 Å². The summed E-state index contributed by atoms with van der Waals surface area (Å²) in [6.07, 6.45) is 2.78. The minimum Gasteiger partial charge on any atom is -0.393 e. The normalized spacial score (nSPS) is 13.5. The Kier molecular flexibility index (Phi) is 7.58. The number of aliphatic hydroxyl groups excluding tert-OH is 1. The van der Waals surface area contributed by atoms with E-state index in [-0.39, 0.29) is 6.10 Å². The highest BCUT2D eigenvalue weighted by atomic mass is 32.2. The van der Waals surface area contributed by atoms with Crippen molar-refractivity contribution in [1.82, 2.24) is 5.32 Å². The first-order chi connectivity index (χ1) is 4.77. The first kappa shape index (κ1) is 10.3. The van der Waals surface area contributed by atoms with Gasteiger partial charge in [-0.15, -0.1) is 0 Å². The second-order valence-corrected chi connectivity index (χ2v) is 3.37. The predicted molar refractivity (Wildman–Crippen MR) is 47.5 cm³/mol. The monoisotopic (exact) mass is 163 g/mol. The third-order valence-corrected chi connectivity index (χ3v) is 1.83. The molecule has 1 atom stereocenters. The van der Waals surface area contributed by atoms with Crippen LogP contribution in [0.1, 0.15) is 13.3 Å². The van der Waals surface area contributed by atoms with Crippen LogP contribution in [0.2, 0.25) is 0 Å². The highest BCUT2D eigenvalue weighted by Crippen LogP contribution is 1.88. The largest absolute Gasteiger partial charge is 0.393 e. The second kappa shape index (κ2) is 7.38. The van der Waals surface area contributed by atoms with Crippen molar-refractivity contribution in [1.29, 1.82) is 0 Å². The number of hydrogen-bond acceptors (Lipinski definition) is 3. The summed E-state index contributed by atoms with van der Waals surface area (Å²) < 4.78 is 0. The Bertz CT molecular complexity index is 68.6. The molecule has 2 N–H and O–H groups in total. The van der Waals surface area contributed by atoms with Crippen LogP contribution in [0.4, 0.5) is 0 Å². The van der Waals surface area contributed by atoms with Gasteiger partial charge < -0.3 is 10.4 Å². The van der Waals surface area contributed by atoms with Gasteiger partial charge in [0, 0.05) is 12.3 Å². The van der Waals surface area contributed by atoms with Crippen LogP contribution < -0.4 is 5.32 Å². The first-order valence-electron chi connectivity index (χ1n) is 3.65. The highest BCUT2D eigenvalue weighted by molar-refractivity contribution is 7.98. The lowest BCUT2D eigenvalue weighted by molar-refractivity contribution is 0.184. The molecule has 0 saturated heterocycles. The number of hydrogen-bond donors (Lipinski definition) is 2. The summed E-state index contributed by atoms with van der Waals surface area (Å²) in [7, 11) is 0. The maximum Gasteiger partial charge on any atom is 0.0524 e. The van der Waals surface area contributed by atoms with Gasteiger partial charge in [0.05, 0.1) is 6.10 Å². The Balaban J connectivity index is 2.77. The molecule has 10 heavy (non-hydrogen) atoms. The van der Waals surface area contributed by atoms with Gasteiger partial charge in [-0.3, -0.25) is 0 Å². The zero-order valence-electron chi connectivity index (χ0n) is 6.76. The fourth-order valence-corrected chi connectivity index (χ4v) is 0.959. The molecule has 1 unspecified atom stereocenters. The maximum atomic E-state index is 8.86. The van der Waals surface area contributed by atoms with E-state index >= 15 is 0 Å². The summed E-state index contributed by atoms with van der Waals surface area (Å²) in [6, 6.07) is 0. The van der Waals surface area contributed by atoms with Crippen molar-refractivity contribution >= 4 is 11.8 Å². The number of rotatable bonds is 6. The number of nitrogens with one attached hydrogen (secondary N) is 1. The summed E-state index contributed by atoms with van der Waals surface area (Å²) in [6.45, 7) is 3.79. The van der Waals surface area contributed by atoms with Gasteiger partial charge in [-0.25, -0.2) is 0 Å². The van der Waals surface area contributed by atoms with Crippen molar-refractivity contribution in [2.75, 3.05) is 25.1 Å². The molecule has 0 radical (unpaired) electrons. The van der Waals surface area contributed by atoms with Crippen LogP contribution in [0, 0.1) is 0 Å². The molecule has 62 valence electrons. The van der Waals surface area contributed by atoms with E-state index in [1.807, 2.05) is 18.7 Å². The SMILES string of the molecule is CSCCNCCC(C)O. The maximum absolute atomic E-state index is 8.86. The zero-order valence-corrected chi connectivity index (χ0v) is 7.58. The summed E-state index contributed by atoms with van der Waals surface area (Å²) in [5, 5.41) is 12.1. The molecule has 0 aromatic rings. The fraction of sp³-hybridized carbons (Fsp3) is 1.00. The van der Waals surface area contributed by atoms with E-state index in [1.165, 1.54) is 0 Å². The number of thioether (sulfide) groups is 1. The topological polar surface area (TPSA) is 32.3 Å². The molecule has 0 heterocycles. The van der Waals surface area contributed by atoms with Crippen LogP contribution in [0.5, 0.6) is 0 Å². The Morgan fingerprint density at radius 1 is 1.50 bits per heavy atom. The van der Waals surface area contributed by atoms with Crippen LogP contribution in [0.3, 0.4) is 0 Å². The van der Waals surface area contributed by atoms with Crippen molar-refractivity contribution in [2.45, 2.75) is 19.4 Å².